The van der Waals surface area contributed by atoms with Gasteiger partial charge in [-0.25, -0.2) is 13.4 Å². The lowest BCUT2D eigenvalue weighted by Crippen LogP contribution is -2.29. The van der Waals surface area contributed by atoms with Crippen LogP contribution < -0.4 is 0 Å². The zero-order valence-corrected chi connectivity index (χ0v) is 16.5. The number of fused-ring (bicyclic) bond motifs is 3. The molecule has 0 radical (unpaired) electrons. The Kier molecular flexibility index (Phi) is 3.67. The third-order valence-corrected chi connectivity index (χ3v) is 9.10. The Labute approximate surface area is 158 Å². The molecular weight excluding hydrogens is 362 g/mol. The van der Waals surface area contributed by atoms with E-state index in [9.17, 15) is 8.42 Å². The van der Waals surface area contributed by atoms with E-state index in [0.717, 1.165) is 54.7 Å². The molecule has 2 aliphatic rings. The smallest absolute Gasteiger partial charge is 0.179 e. The van der Waals surface area contributed by atoms with Gasteiger partial charge in [0.25, 0.3) is 0 Å². The average Bonchev–Trinajstić information content (AvgIpc) is 3.11. The minimum absolute atomic E-state index is 0.0797. The molecule has 1 N–H and O–H groups in total. The maximum atomic E-state index is 12.5. The van der Waals surface area contributed by atoms with Gasteiger partial charge in [-0.1, -0.05) is 20.3 Å². The molecule has 0 unspecified atom stereocenters. The van der Waals surface area contributed by atoms with Crippen LogP contribution in [0.25, 0.3) is 16.8 Å². The fourth-order valence-electron chi connectivity index (χ4n) is 5.17. The lowest BCUT2D eigenvalue weighted by Gasteiger charge is -2.29. The van der Waals surface area contributed by atoms with Gasteiger partial charge in [-0.3, -0.25) is 4.40 Å². The van der Waals surface area contributed by atoms with Gasteiger partial charge in [0.2, 0.25) is 0 Å². The number of H-pyrrole nitrogens is 1. The molecule has 2 fully saturated rings. The number of hydrogen-bond acceptors (Lipinski definition) is 5. The number of aromatic nitrogens is 5. The first-order chi connectivity index (χ1) is 12.9. The molecule has 0 spiro atoms. The normalized spacial score (nSPS) is 29.1. The molecule has 144 valence electrons. The summed E-state index contributed by atoms with van der Waals surface area (Å²) < 4.78 is 27.2. The summed E-state index contributed by atoms with van der Waals surface area (Å²) in [6, 6.07) is 2.00. The predicted octanol–water partition coefficient (Wildman–Crippen LogP) is 2.88. The Morgan fingerprint density at radius 2 is 2.15 bits per heavy atom. The molecule has 7 nitrogen and oxygen atoms in total. The molecule has 0 amide bonds. The number of aromatic amines is 1. The highest BCUT2D eigenvalue weighted by Gasteiger charge is 2.49. The predicted molar refractivity (Wildman–Crippen MR) is 103 cm³/mol. The summed E-state index contributed by atoms with van der Waals surface area (Å²) in [4.78, 5) is 7.55. The molecular formula is C19H25N5O2S. The van der Waals surface area contributed by atoms with Crippen molar-refractivity contribution >= 4 is 26.6 Å². The van der Waals surface area contributed by atoms with Crippen molar-refractivity contribution in [2.24, 2.45) is 11.8 Å². The third kappa shape index (κ3) is 2.60. The summed E-state index contributed by atoms with van der Waals surface area (Å²) in [5.41, 5.74) is 2.33. The van der Waals surface area contributed by atoms with Crippen molar-refractivity contribution in [1.29, 1.82) is 0 Å². The van der Waals surface area contributed by atoms with Crippen molar-refractivity contribution in [3.63, 3.8) is 0 Å². The number of nitrogens with zero attached hydrogens (tertiary/aromatic N) is 4. The molecule has 2 aliphatic carbocycles. The topological polar surface area (TPSA) is 93.0 Å². The molecule has 3 aromatic heterocycles. The summed E-state index contributed by atoms with van der Waals surface area (Å²) in [5.74, 6) is 1.84. The van der Waals surface area contributed by atoms with E-state index < -0.39 is 9.84 Å². The Bertz CT molecular complexity index is 1110. The van der Waals surface area contributed by atoms with Gasteiger partial charge in [0, 0.05) is 11.6 Å². The molecule has 0 saturated heterocycles. The van der Waals surface area contributed by atoms with Crippen molar-refractivity contribution < 1.29 is 8.42 Å². The van der Waals surface area contributed by atoms with Crippen molar-refractivity contribution in [2.75, 3.05) is 5.75 Å². The van der Waals surface area contributed by atoms with Crippen LogP contribution >= 0.6 is 0 Å². The van der Waals surface area contributed by atoms with Crippen LogP contribution in [0.3, 0.4) is 0 Å². The first kappa shape index (κ1) is 17.2. The lowest BCUT2D eigenvalue weighted by molar-refractivity contribution is 0.315. The standard InChI is InChI=1S/C19H25N5O2S/c1-3-13-8-12(11-27(25,26)14-4-5-14)9-19(13,2)18-23-22-16-10-21-17-15(24(16)18)6-7-20-17/h6-7,10,12-14,20H,3-5,8-9,11H2,1-2H3/t12-,13+,19+/m0/s1. The molecule has 8 heteroatoms. The molecule has 0 aromatic carbocycles. The summed E-state index contributed by atoms with van der Waals surface area (Å²) in [6.45, 7) is 4.43. The van der Waals surface area contributed by atoms with Crippen LogP contribution in [0.5, 0.6) is 0 Å². The quantitative estimate of drug-likeness (QED) is 0.727. The third-order valence-electron chi connectivity index (χ3n) is 6.68. The van der Waals surface area contributed by atoms with E-state index in [-0.39, 0.29) is 16.6 Å². The molecule has 3 atom stereocenters. The molecule has 0 aliphatic heterocycles. The second-order valence-corrected chi connectivity index (χ2v) is 10.9. The van der Waals surface area contributed by atoms with Gasteiger partial charge in [0.1, 0.15) is 5.82 Å². The highest BCUT2D eigenvalue weighted by Crippen LogP contribution is 2.50. The molecule has 2 saturated carbocycles. The Hall–Kier alpha value is -1.96. The second-order valence-electron chi connectivity index (χ2n) is 8.54. The highest BCUT2D eigenvalue weighted by atomic mass is 32.2. The van der Waals surface area contributed by atoms with Crippen molar-refractivity contribution in [2.45, 2.75) is 56.6 Å². The summed E-state index contributed by atoms with van der Waals surface area (Å²) in [5, 5.41) is 8.85. The summed E-state index contributed by atoms with van der Waals surface area (Å²) in [6.07, 6.45) is 8.09. The minimum atomic E-state index is -2.95. The Balaban J connectivity index is 1.56. The van der Waals surface area contributed by atoms with E-state index in [0.29, 0.717) is 11.7 Å². The highest BCUT2D eigenvalue weighted by molar-refractivity contribution is 7.92. The SMILES string of the molecule is CC[C@@H]1C[C@H](CS(=O)(=O)C2CC2)C[C@@]1(C)c1nnc2cnc3[nH]ccc3n12. The Morgan fingerprint density at radius 3 is 2.89 bits per heavy atom. The van der Waals surface area contributed by atoms with Crippen LogP contribution in [0.1, 0.15) is 51.8 Å². The van der Waals surface area contributed by atoms with Crippen LogP contribution in [-0.2, 0) is 15.3 Å². The van der Waals surface area contributed by atoms with Crippen LogP contribution in [0.15, 0.2) is 18.5 Å². The van der Waals surface area contributed by atoms with Crippen LogP contribution in [0.4, 0.5) is 0 Å². The first-order valence-electron chi connectivity index (χ1n) is 9.81. The Morgan fingerprint density at radius 1 is 1.33 bits per heavy atom. The summed E-state index contributed by atoms with van der Waals surface area (Å²) >= 11 is 0. The van der Waals surface area contributed by atoms with E-state index in [1.54, 1.807) is 6.20 Å². The van der Waals surface area contributed by atoms with Gasteiger partial charge in [0.15, 0.2) is 21.1 Å². The molecule has 5 rings (SSSR count). The van der Waals surface area contributed by atoms with Crippen molar-refractivity contribution in [3.05, 3.63) is 24.3 Å². The minimum Gasteiger partial charge on any atom is -0.345 e. The van der Waals surface area contributed by atoms with Crippen LogP contribution in [-0.4, -0.2) is 44.0 Å². The largest absolute Gasteiger partial charge is 0.345 e. The van der Waals surface area contributed by atoms with Gasteiger partial charge in [-0.05, 0) is 43.6 Å². The van der Waals surface area contributed by atoms with Gasteiger partial charge >= 0.3 is 0 Å². The molecule has 3 heterocycles. The van der Waals surface area contributed by atoms with E-state index >= 15 is 0 Å². The molecule has 27 heavy (non-hydrogen) atoms. The van der Waals surface area contributed by atoms with E-state index in [1.165, 1.54) is 0 Å². The maximum absolute atomic E-state index is 12.5. The van der Waals surface area contributed by atoms with Gasteiger partial charge in [0.05, 0.1) is 22.7 Å². The van der Waals surface area contributed by atoms with Crippen LogP contribution in [0.2, 0.25) is 0 Å². The molecule has 3 aromatic rings. The molecule has 0 bridgehead atoms. The van der Waals surface area contributed by atoms with Crippen molar-refractivity contribution in [1.82, 2.24) is 24.6 Å². The zero-order chi connectivity index (χ0) is 18.8. The average molecular weight is 388 g/mol. The number of hydrogen-bond donors (Lipinski definition) is 1. The number of rotatable bonds is 5. The fourth-order valence-corrected chi connectivity index (χ4v) is 7.21. The van der Waals surface area contributed by atoms with Crippen molar-refractivity contribution in [3.8, 4) is 0 Å². The summed E-state index contributed by atoms with van der Waals surface area (Å²) in [7, 11) is -2.95. The van der Waals surface area contributed by atoms with Gasteiger partial charge < -0.3 is 4.98 Å². The van der Waals surface area contributed by atoms with Crippen LogP contribution in [0, 0.1) is 11.8 Å². The fraction of sp³-hybridized carbons (Fsp3) is 0.632. The first-order valence-corrected chi connectivity index (χ1v) is 11.5. The number of nitrogens with one attached hydrogen (secondary N) is 1. The lowest BCUT2D eigenvalue weighted by atomic mass is 9.77. The second kappa shape index (κ2) is 5.77. The van der Waals surface area contributed by atoms with E-state index in [4.69, 9.17) is 0 Å². The monoisotopic (exact) mass is 387 g/mol. The van der Waals surface area contributed by atoms with E-state index in [2.05, 4.69) is 38.4 Å². The number of sulfone groups is 1. The maximum Gasteiger partial charge on any atom is 0.179 e. The zero-order valence-electron chi connectivity index (χ0n) is 15.7. The van der Waals surface area contributed by atoms with E-state index in [1.807, 2.05) is 12.3 Å². The van der Waals surface area contributed by atoms with Gasteiger partial charge in [-0.15, -0.1) is 10.2 Å². The van der Waals surface area contributed by atoms with Gasteiger partial charge in [-0.2, -0.15) is 0 Å².